The van der Waals surface area contributed by atoms with Crippen molar-refractivity contribution in [1.82, 2.24) is 5.32 Å². The van der Waals surface area contributed by atoms with E-state index in [2.05, 4.69) is 5.32 Å². The van der Waals surface area contributed by atoms with Gasteiger partial charge in [0.05, 0.1) is 18.6 Å². The van der Waals surface area contributed by atoms with Gasteiger partial charge < -0.3 is 10.1 Å². The average Bonchev–Trinajstić information content (AvgIpc) is 2.42. The highest BCUT2D eigenvalue weighted by Crippen LogP contribution is 2.19. The third-order valence-corrected chi connectivity index (χ3v) is 4.47. The molecule has 1 rings (SSSR count). The largest absolute Gasteiger partial charge is 0.383 e. The number of nitrogens with one attached hydrogen (secondary N) is 1. The molecular formula is C16H26N2O4S. The zero-order valence-corrected chi connectivity index (χ0v) is 15.0. The molecule has 0 heterocycles. The summed E-state index contributed by atoms with van der Waals surface area (Å²) in [6.07, 6.45) is 1.90. The van der Waals surface area contributed by atoms with E-state index in [4.69, 9.17) is 4.74 Å². The zero-order chi connectivity index (χ0) is 17.5. The molecule has 7 heteroatoms. The van der Waals surface area contributed by atoms with Crippen LogP contribution in [0, 0.1) is 6.92 Å². The molecular weight excluding hydrogens is 316 g/mol. The predicted octanol–water partition coefficient (Wildman–Crippen LogP) is 1.69. The summed E-state index contributed by atoms with van der Waals surface area (Å²) in [4.78, 5) is 11.8. The molecule has 0 aliphatic carbocycles. The Labute approximate surface area is 138 Å². The molecule has 0 unspecified atom stereocenters. The first-order chi connectivity index (χ1) is 10.7. The fraction of sp³-hybridized carbons (Fsp3) is 0.562. The molecule has 0 aliphatic heterocycles. The molecule has 0 aromatic heterocycles. The van der Waals surface area contributed by atoms with E-state index in [1.165, 1.54) is 10.6 Å². The summed E-state index contributed by atoms with van der Waals surface area (Å²) in [6.45, 7) is 4.49. The number of carbonyl (C=O) groups is 1. The van der Waals surface area contributed by atoms with Crippen LogP contribution in [0.4, 0.5) is 5.69 Å². The molecule has 0 spiro atoms. The van der Waals surface area contributed by atoms with E-state index in [-0.39, 0.29) is 24.9 Å². The van der Waals surface area contributed by atoms with Crippen LogP contribution >= 0.6 is 0 Å². The van der Waals surface area contributed by atoms with Crippen LogP contribution in [0.3, 0.4) is 0 Å². The van der Waals surface area contributed by atoms with Crippen molar-refractivity contribution in [3.8, 4) is 0 Å². The van der Waals surface area contributed by atoms with Gasteiger partial charge in [-0.1, -0.05) is 12.1 Å². The van der Waals surface area contributed by atoms with Crippen LogP contribution in [0.2, 0.25) is 0 Å². The summed E-state index contributed by atoms with van der Waals surface area (Å²) < 4.78 is 30.3. The minimum atomic E-state index is -3.38. The number of anilines is 1. The van der Waals surface area contributed by atoms with Gasteiger partial charge in [-0.05, 0) is 38.0 Å². The number of carbonyl (C=O) groups excluding carboxylic acids is 1. The van der Waals surface area contributed by atoms with Crippen molar-refractivity contribution in [3.63, 3.8) is 0 Å². The highest BCUT2D eigenvalue weighted by Gasteiger charge is 2.17. The summed E-state index contributed by atoms with van der Waals surface area (Å²) in [7, 11) is -1.80. The lowest BCUT2D eigenvalue weighted by molar-refractivity contribution is -0.122. The summed E-state index contributed by atoms with van der Waals surface area (Å²) in [5, 5.41) is 2.81. The quantitative estimate of drug-likeness (QED) is 0.741. The molecule has 23 heavy (non-hydrogen) atoms. The molecule has 0 saturated carbocycles. The van der Waals surface area contributed by atoms with Gasteiger partial charge in [0.2, 0.25) is 15.9 Å². The SMILES string of the molecule is COC[C@@H](C)NC(=O)CCCN(c1cccc(C)c1)S(C)(=O)=O. The molecule has 130 valence electrons. The summed E-state index contributed by atoms with van der Waals surface area (Å²) >= 11 is 0. The highest BCUT2D eigenvalue weighted by molar-refractivity contribution is 7.92. The van der Waals surface area contributed by atoms with Crippen molar-refractivity contribution in [2.24, 2.45) is 0 Å². The van der Waals surface area contributed by atoms with Gasteiger partial charge in [0.1, 0.15) is 0 Å². The first-order valence-electron chi connectivity index (χ1n) is 7.56. The van der Waals surface area contributed by atoms with Crippen LogP contribution in [0.25, 0.3) is 0 Å². The molecule has 1 aromatic carbocycles. The second-order valence-corrected chi connectivity index (χ2v) is 7.61. The summed E-state index contributed by atoms with van der Waals surface area (Å²) in [5.41, 5.74) is 1.61. The van der Waals surface area contributed by atoms with Crippen LogP contribution in [0.1, 0.15) is 25.3 Å². The summed E-state index contributed by atoms with van der Waals surface area (Å²) in [5.74, 6) is -0.104. The van der Waals surface area contributed by atoms with Gasteiger partial charge in [0.25, 0.3) is 0 Å². The Kier molecular flexibility index (Phi) is 7.51. The third kappa shape index (κ3) is 7.00. The molecule has 1 atom stereocenters. The maximum Gasteiger partial charge on any atom is 0.232 e. The zero-order valence-electron chi connectivity index (χ0n) is 14.2. The fourth-order valence-corrected chi connectivity index (χ4v) is 3.25. The molecule has 6 nitrogen and oxygen atoms in total. The number of benzene rings is 1. The lowest BCUT2D eigenvalue weighted by Crippen LogP contribution is -2.36. The van der Waals surface area contributed by atoms with Crippen molar-refractivity contribution < 1.29 is 17.9 Å². The smallest absolute Gasteiger partial charge is 0.232 e. The molecule has 0 radical (unpaired) electrons. The number of ether oxygens (including phenoxy) is 1. The van der Waals surface area contributed by atoms with Crippen molar-refractivity contribution >= 4 is 21.6 Å². The van der Waals surface area contributed by atoms with Gasteiger partial charge in [-0.15, -0.1) is 0 Å². The monoisotopic (exact) mass is 342 g/mol. The average molecular weight is 342 g/mol. The highest BCUT2D eigenvalue weighted by atomic mass is 32.2. The van der Waals surface area contributed by atoms with Gasteiger partial charge >= 0.3 is 0 Å². The van der Waals surface area contributed by atoms with Crippen molar-refractivity contribution in [2.75, 3.05) is 30.8 Å². The molecule has 0 bridgehead atoms. The van der Waals surface area contributed by atoms with Crippen molar-refractivity contribution in [2.45, 2.75) is 32.7 Å². The first kappa shape index (κ1) is 19.4. The molecule has 0 saturated heterocycles. The van der Waals surface area contributed by atoms with Crippen molar-refractivity contribution in [1.29, 1.82) is 0 Å². The molecule has 0 aliphatic rings. The van der Waals surface area contributed by atoms with Crippen LogP contribution < -0.4 is 9.62 Å². The molecule has 1 N–H and O–H groups in total. The number of methoxy groups -OCH3 is 1. The minimum absolute atomic E-state index is 0.0599. The number of hydrogen-bond donors (Lipinski definition) is 1. The molecule has 1 aromatic rings. The second-order valence-electron chi connectivity index (χ2n) is 5.70. The summed E-state index contributed by atoms with van der Waals surface area (Å²) in [6, 6.07) is 7.25. The number of rotatable bonds is 9. The van der Waals surface area contributed by atoms with E-state index >= 15 is 0 Å². The van der Waals surface area contributed by atoms with Crippen LogP contribution in [0.5, 0.6) is 0 Å². The minimum Gasteiger partial charge on any atom is -0.383 e. The third-order valence-electron chi connectivity index (χ3n) is 3.28. The Morgan fingerprint density at radius 3 is 2.65 bits per heavy atom. The lowest BCUT2D eigenvalue weighted by Gasteiger charge is -2.23. The van der Waals surface area contributed by atoms with Gasteiger partial charge in [0.15, 0.2) is 0 Å². The Morgan fingerprint density at radius 1 is 1.39 bits per heavy atom. The van der Waals surface area contributed by atoms with E-state index in [0.29, 0.717) is 18.7 Å². The van der Waals surface area contributed by atoms with Crippen LogP contribution in [0.15, 0.2) is 24.3 Å². The van der Waals surface area contributed by atoms with Gasteiger partial charge in [-0.25, -0.2) is 8.42 Å². The van der Waals surface area contributed by atoms with Gasteiger partial charge in [-0.3, -0.25) is 9.10 Å². The second kappa shape index (κ2) is 8.88. The van der Waals surface area contributed by atoms with Gasteiger partial charge in [0, 0.05) is 26.1 Å². The number of sulfonamides is 1. The Hall–Kier alpha value is -1.60. The number of hydrogen-bond acceptors (Lipinski definition) is 4. The lowest BCUT2D eigenvalue weighted by atomic mass is 10.2. The Bertz CT molecular complexity index is 616. The molecule has 0 fully saturated rings. The van der Waals surface area contributed by atoms with E-state index in [1.807, 2.05) is 32.0 Å². The van der Waals surface area contributed by atoms with E-state index < -0.39 is 10.0 Å². The van der Waals surface area contributed by atoms with E-state index in [0.717, 1.165) is 5.56 Å². The van der Waals surface area contributed by atoms with Gasteiger partial charge in [-0.2, -0.15) is 0 Å². The van der Waals surface area contributed by atoms with E-state index in [9.17, 15) is 13.2 Å². The standard InChI is InChI=1S/C16H26N2O4S/c1-13-7-5-8-15(11-13)18(23(4,20)21)10-6-9-16(19)17-14(2)12-22-3/h5,7-8,11,14H,6,9-10,12H2,1-4H3,(H,17,19)/t14-/m1/s1. The Morgan fingerprint density at radius 2 is 2.09 bits per heavy atom. The van der Waals surface area contributed by atoms with Crippen molar-refractivity contribution in [3.05, 3.63) is 29.8 Å². The number of nitrogens with zero attached hydrogens (tertiary/aromatic N) is 1. The molecule has 1 amide bonds. The Balaban J connectivity index is 2.62. The maximum atomic E-state index is 12.0. The number of aryl methyl sites for hydroxylation is 1. The van der Waals surface area contributed by atoms with Crippen LogP contribution in [-0.4, -0.2) is 46.9 Å². The normalized spacial score (nSPS) is 12.7. The fourth-order valence-electron chi connectivity index (χ4n) is 2.29. The topological polar surface area (TPSA) is 75.7 Å². The van der Waals surface area contributed by atoms with Crippen LogP contribution in [-0.2, 0) is 19.6 Å². The maximum absolute atomic E-state index is 12.0. The number of amides is 1. The first-order valence-corrected chi connectivity index (χ1v) is 9.41. The van der Waals surface area contributed by atoms with E-state index in [1.54, 1.807) is 13.2 Å². The predicted molar refractivity (Wildman–Crippen MR) is 92.1 cm³/mol.